The molecular weight excluding hydrogens is 446 g/mol. The maximum Gasteiger partial charge on any atom is 0.251 e. The number of hydrogen-bond donors (Lipinski definition) is 2. The number of aromatic nitrogens is 3. The second-order valence-corrected chi connectivity index (χ2v) is 9.19. The van der Waals surface area contributed by atoms with E-state index in [1.54, 1.807) is 24.3 Å². The molecule has 0 saturated carbocycles. The molecule has 3 aromatic rings. The lowest BCUT2D eigenvalue weighted by atomic mass is 10.0. The van der Waals surface area contributed by atoms with Gasteiger partial charge in [0.2, 0.25) is 5.91 Å². The quantitative estimate of drug-likeness (QED) is 0.467. The van der Waals surface area contributed by atoms with Gasteiger partial charge in [-0.15, -0.1) is 10.2 Å². The van der Waals surface area contributed by atoms with Crippen LogP contribution in [0.2, 0.25) is 5.02 Å². The SMILES string of the molecule is Cc1cccc(NC(=O)CSc2nnc([C@H](NC(=O)c3ccc(Cl)cc3)C(C)C)n2C)c1. The van der Waals surface area contributed by atoms with Crippen molar-refractivity contribution < 1.29 is 9.59 Å². The molecule has 0 spiro atoms. The molecule has 2 aromatic carbocycles. The lowest BCUT2D eigenvalue weighted by Crippen LogP contribution is -2.33. The third-order valence-corrected chi connectivity index (χ3v) is 6.11. The van der Waals surface area contributed by atoms with E-state index in [1.807, 2.05) is 56.7 Å². The fraction of sp³-hybridized carbons (Fsp3) is 0.304. The number of nitrogens with one attached hydrogen (secondary N) is 2. The molecular formula is C23H26ClN5O2S. The van der Waals surface area contributed by atoms with Crippen LogP contribution in [-0.4, -0.2) is 32.3 Å². The monoisotopic (exact) mass is 471 g/mol. The van der Waals surface area contributed by atoms with Crippen molar-refractivity contribution in [2.75, 3.05) is 11.1 Å². The van der Waals surface area contributed by atoms with Crippen molar-refractivity contribution in [3.63, 3.8) is 0 Å². The molecule has 9 heteroatoms. The van der Waals surface area contributed by atoms with Crippen LogP contribution in [0, 0.1) is 12.8 Å². The number of thioether (sulfide) groups is 1. The fourth-order valence-electron chi connectivity index (χ4n) is 3.13. The highest BCUT2D eigenvalue weighted by Crippen LogP contribution is 2.25. The zero-order valence-corrected chi connectivity index (χ0v) is 20.0. The van der Waals surface area contributed by atoms with Crippen molar-refractivity contribution in [3.05, 3.63) is 70.5 Å². The summed E-state index contributed by atoms with van der Waals surface area (Å²) in [5.41, 5.74) is 2.36. The molecule has 0 aliphatic heterocycles. The summed E-state index contributed by atoms with van der Waals surface area (Å²) in [4.78, 5) is 25.0. The van der Waals surface area contributed by atoms with Gasteiger partial charge in [0.05, 0.1) is 11.8 Å². The Morgan fingerprint density at radius 3 is 2.50 bits per heavy atom. The molecule has 2 N–H and O–H groups in total. The molecule has 1 aromatic heterocycles. The van der Waals surface area contributed by atoms with Gasteiger partial charge in [-0.05, 0) is 54.8 Å². The topological polar surface area (TPSA) is 88.9 Å². The predicted octanol–water partition coefficient (Wildman–Crippen LogP) is 4.63. The predicted molar refractivity (Wildman–Crippen MR) is 128 cm³/mol. The van der Waals surface area contributed by atoms with E-state index in [4.69, 9.17) is 11.6 Å². The molecule has 7 nitrogen and oxygen atoms in total. The third kappa shape index (κ3) is 6.11. The van der Waals surface area contributed by atoms with E-state index < -0.39 is 0 Å². The molecule has 1 atom stereocenters. The number of halogens is 1. The Labute approximate surface area is 197 Å². The van der Waals surface area contributed by atoms with Crippen molar-refractivity contribution in [2.45, 2.75) is 32.0 Å². The number of carbonyl (C=O) groups is 2. The second-order valence-electron chi connectivity index (χ2n) is 7.81. The Bertz CT molecular complexity index is 1100. The van der Waals surface area contributed by atoms with Crippen LogP contribution < -0.4 is 10.6 Å². The molecule has 0 aliphatic carbocycles. The van der Waals surface area contributed by atoms with Crippen molar-refractivity contribution in [3.8, 4) is 0 Å². The van der Waals surface area contributed by atoms with E-state index in [0.717, 1.165) is 11.3 Å². The molecule has 0 radical (unpaired) electrons. The van der Waals surface area contributed by atoms with Crippen LogP contribution >= 0.6 is 23.4 Å². The van der Waals surface area contributed by atoms with Gasteiger partial charge in [0, 0.05) is 23.3 Å². The van der Waals surface area contributed by atoms with Crippen molar-refractivity contribution in [2.24, 2.45) is 13.0 Å². The van der Waals surface area contributed by atoms with Crippen LogP contribution in [0.3, 0.4) is 0 Å². The van der Waals surface area contributed by atoms with Crippen LogP contribution in [0.4, 0.5) is 5.69 Å². The number of amides is 2. The van der Waals surface area contributed by atoms with Gasteiger partial charge in [0.25, 0.3) is 5.91 Å². The van der Waals surface area contributed by atoms with E-state index in [1.165, 1.54) is 11.8 Å². The Morgan fingerprint density at radius 2 is 1.84 bits per heavy atom. The van der Waals surface area contributed by atoms with Gasteiger partial charge < -0.3 is 15.2 Å². The van der Waals surface area contributed by atoms with Crippen LogP contribution in [0.5, 0.6) is 0 Å². The molecule has 0 bridgehead atoms. The number of aryl methyl sites for hydroxylation is 1. The molecule has 0 saturated heterocycles. The van der Waals surface area contributed by atoms with Crippen LogP contribution in [0.1, 0.15) is 41.6 Å². The average molecular weight is 472 g/mol. The highest BCUT2D eigenvalue weighted by molar-refractivity contribution is 7.99. The van der Waals surface area contributed by atoms with Gasteiger partial charge in [-0.1, -0.05) is 49.3 Å². The summed E-state index contributed by atoms with van der Waals surface area (Å²) < 4.78 is 1.82. The summed E-state index contributed by atoms with van der Waals surface area (Å²) in [7, 11) is 1.83. The normalized spacial score (nSPS) is 11.9. The van der Waals surface area contributed by atoms with Crippen molar-refractivity contribution >= 4 is 40.9 Å². The first-order valence-electron chi connectivity index (χ1n) is 10.2. The summed E-state index contributed by atoms with van der Waals surface area (Å²) >= 11 is 7.21. The smallest absolute Gasteiger partial charge is 0.251 e. The summed E-state index contributed by atoms with van der Waals surface area (Å²) in [5, 5.41) is 15.6. The average Bonchev–Trinajstić information content (AvgIpc) is 3.10. The van der Waals surface area contributed by atoms with E-state index >= 15 is 0 Å². The van der Waals surface area contributed by atoms with Crippen LogP contribution in [-0.2, 0) is 11.8 Å². The zero-order valence-electron chi connectivity index (χ0n) is 18.4. The van der Waals surface area contributed by atoms with Gasteiger partial charge in [0.15, 0.2) is 11.0 Å². The minimum atomic E-state index is -0.342. The standard InChI is InChI=1S/C23H26ClN5O2S/c1-14(2)20(26-22(31)16-8-10-17(24)11-9-16)21-27-28-23(29(21)4)32-13-19(30)25-18-7-5-6-15(3)12-18/h5-12,14,20H,13H2,1-4H3,(H,25,30)(H,26,31)/t20-/m1/s1. The van der Waals surface area contributed by atoms with Crippen LogP contribution in [0.15, 0.2) is 53.7 Å². The van der Waals surface area contributed by atoms with Crippen molar-refractivity contribution in [1.82, 2.24) is 20.1 Å². The summed E-state index contributed by atoms with van der Waals surface area (Å²) in [6, 6.07) is 14.0. The first kappa shape index (κ1) is 23.8. The molecule has 0 unspecified atom stereocenters. The van der Waals surface area contributed by atoms with E-state index in [9.17, 15) is 9.59 Å². The minimum absolute atomic E-state index is 0.0802. The first-order chi connectivity index (χ1) is 15.2. The van der Waals surface area contributed by atoms with Gasteiger partial charge in [-0.2, -0.15) is 0 Å². The van der Waals surface area contributed by atoms with Gasteiger partial charge in [-0.25, -0.2) is 0 Å². The molecule has 168 valence electrons. The molecule has 0 fully saturated rings. The van der Waals surface area contributed by atoms with Gasteiger partial charge >= 0.3 is 0 Å². The Hall–Kier alpha value is -2.84. The number of nitrogens with zero attached hydrogens (tertiary/aromatic N) is 3. The number of benzene rings is 2. The highest BCUT2D eigenvalue weighted by Gasteiger charge is 2.25. The second kappa shape index (κ2) is 10.7. The van der Waals surface area contributed by atoms with E-state index in [-0.39, 0.29) is 29.5 Å². The highest BCUT2D eigenvalue weighted by atomic mass is 35.5. The first-order valence-corrected chi connectivity index (χ1v) is 11.6. The summed E-state index contributed by atoms with van der Waals surface area (Å²) in [6.45, 7) is 5.98. The number of hydrogen-bond acceptors (Lipinski definition) is 5. The van der Waals surface area contributed by atoms with Crippen LogP contribution in [0.25, 0.3) is 0 Å². The lowest BCUT2D eigenvalue weighted by Gasteiger charge is -2.21. The molecule has 1 heterocycles. The minimum Gasteiger partial charge on any atom is -0.342 e. The lowest BCUT2D eigenvalue weighted by molar-refractivity contribution is -0.113. The fourth-order valence-corrected chi connectivity index (χ4v) is 3.97. The van der Waals surface area contributed by atoms with Gasteiger partial charge in [0.1, 0.15) is 0 Å². The Kier molecular flexibility index (Phi) is 7.93. The largest absolute Gasteiger partial charge is 0.342 e. The number of rotatable bonds is 8. The summed E-state index contributed by atoms with van der Waals surface area (Å²) in [6.07, 6.45) is 0. The molecule has 2 amide bonds. The summed E-state index contributed by atoms with van der Waals surface area (Å²) in [5.74, 6) is 0.570. The zero-order chi connectivity index (χ0) is 23.3. The number of anilines is 1. The van der Waals surface area contributed by atoms with Gasteiger partial charge in [-0.3, -0.25) is 9.59 Å². The maximum absolute atomic E-state index is 12.7. The maximum atomic E-state index is 12.7. The number of carbonyl (C=O) groups excluding carboxylic acids is 2. The molecule has 0 aliphatic rings. The van der Waals surface area contributed by atoms with Crippen molar-refractivity contribution in [1.29, 1.82) is 0 Å². The molecule has 32 heavy (non-hydrogen) atoms. The molecule has 3 rings (SSSR count). The third-order valence-electron chi connectivity index (χ3n) is 4.84. The van der Waals surface area contributed by atoms with E-state index in [2.05, 4.69) is 20.8 Å². The Morgan fingerprint density at radius 1 is 1.12 bits per heavy atom. The van der Waals surface area contributed by atoms with E-state index in [0.29, 0.717) is 21.6 Å². The Balaban J connectivity index is 1.66.